The van der Waals surface area contributed by atoms with E-state index in [0.717, 1.165) is 19.5 Å². The molecule has 0 saturated heterocycles. The van der Waals surface area contributed by atoms with Gasteiger partial charge in [-0.3, -0.25) is 0 Å². The molecule has 1 aromatic rings. The van der Waals surface area contributed by atoms with Crippen LogP contribution in [0.15, 0.2) is 24.3 Å². The van der Waals surface area contributed by atoms with Gasteiger partial charge in [0, 0.05) is 24.8 Å². The number of nitrogens with zero attached hydrogens (tertiary/aromatic N) is 1. The largest absolute Gasteiger partial charge is 0.395 e. The van der Waals surface area contributed by atoms with Crippen molar-refractivity contribution < 1.29 is 5.11 Å². The quantitative estimate of drug-likeness (QED) is 0.695. The van der Waals surface area contributed by atoms with Gasteiger partial charge in [0.25, 0.3) is 0 Å². The topological polar surface area (TPSA) is 35.5 Å². The molecule has 1 aromatic carbocycles. The highest BCUT2D eigenvalue weighted by atomic mass is 16.3. The van der Waals surface area contributed by atoms with Crippen LogP contribution in [0, 0.1) is 0 Å². The number of aliphatic hydroxyl groups excluding tert-OH is 1. The molecule has 1 rings (SSSR count). The summed E-state index contributed by atoms with van der Waals surface area (Å²) in [5.41, 5.74) is 2.48. The van der Waals surface area contributed by atoms with Crippen molar-refractivity contribution in [3.8, 4) is 0 Å². The van der Waals surface area contributed by atoms with Gasteiger partial charge in [0.1, 0.15) is 0 Å². The number of hydrogen-bond donors (Lipinski definition) is 2. The zero-order valence-corrected chi connectivity index (χ0v) is 11.8. The predicted octanol–water partition coefficient (Wildman–Crippen LogP) is 2.39. The fourth-order valence-corrected chi connectivity index (χ4v) is 2.01. The predicted molar refractivity (Wildman–Crippen MR) is 78.0 cm³/mol. The molecule has 0 aromatic heterocycles. The molecule has 18 heavy (non-hydrogen) atoms. The van der Waals surface area contributed by atoms with Crippen LogP contribution in [0.5, 0.6) is 0 Å². The average molecular weight is 250 g/mol. The number of hydrogen-bond acceptors (Lipinski definition) is 3. The summed E-state index contributed by atoms with van der Waals surface area (Å²) in [7, 11) is 0. The van der Waals surface area contributed by atoms with Gasteiger partial charge in [-0.25, -0.2) is 0 Å². The SMILES string of the molecule is CCCNCc1ccc(N(CCO)C(C)C)cc1. The van der Waals surface area contributed by atoms with E-state index in [2.05, 4.69) is 55.3 Å². The molecule has 3 heteroatoms. The maximum absolute atomic E-state index is 9.09. The van der Waals surface area contributed by atoms with Gasteiger partial charge in [-0.05, 0) is 44.5 Å². The van der Waals surface area contributed by atoms with E-state index in [0.29, 0.717) is 12.6 Å². The molecule has 102 valence electrons. The molecule has 0 heterocycles. The third-order valence-corrected chi connectivity index (χ3v) is 2.99. The second-order valence-electron chi connectivity index (χ2n) is 4.85. The monoisotopic (exact) mass is 250 g/mol. The number of benzene rings is 1. The first kappa shape index (κ1) is 15.0. The number of nitrogens with one attached hydrogen (secondary N) is 1. The lowest BCUT2D eigenvalue weighted by molar-refractivity contribution is 0.299. The summed E-state index contributed by atoms with van der Waals surface area (Å²) < 4.78 is 0. The Kier molecular flexibility index (Phi) is 6.76. The van der Waals surface area contributed by atoms with E-state index in [4.69, 9.17) is 5.11 Å². The number of anilines is 1. The Labute approximate surface area is 111 Å². The van der Waals surface area contributed by atoms with E-state index in [-0.39, 0.29) is 6.61 Å². The minimum Gasteiger partial charge on any atom is -0.395 e. The van der Waals surface area contributed by atoms with E-state index >= 15 is 0 Å². The van der Waals surface area contributed by atoms with Gasteiger partial charge in [0.2, 0.25) is 0 Å². The van der Waals surface area contributed by atoms with E-state index in [1.807, 2.05) is 0 Å². The lowest BCUT2D eigenvalue weighted by Crippen LogP contribution is -2.33. The van der Waals surface area contributed by atoms with Gasteiger partial charge in [-0.1, -0.05) is 19.1 Å². The maximum atomic E-state index is 9.09. The Morgan fingerprint density at radius 2 is 1.89 bits per heavy atom. The van der Waals surface area contributed by atoms with Gasteiger partial charge < -0.3 is 15.3 Å². The van der Waals surface area contributed by atoms with Gasteiger partial charge in [-0.2, -0.15) is 0 Å². The van der Waals surface area contributed by atoms with E-state index in [9.17, 15) is 0 Å². The molecule has 0 aliphatic rings. The summed E-state index contributed by atoms with van der Waals surface area (Å²) in [6.07, 6.45) is 1.16. The molecule has 0 aliphatic heterocycles. The molecule has 0 aliphatic carbocycles. The van der Waals surface area contributed by atoms with Crippen LogP contribution in [0.2, 0.25) is 0 Å². The number of aliphatic hydroxyl groups is 1. The highest BCUT2D eigenvalue weighted by molar-refractivity contribution is 5.48. The summed E-state index contributed by atoms with van der Waals surface area (Å²) in [5, 5.41) is 12.5. The van der Waals surface area contributed by atoms with Crippen molar-refractivity contribution in [1.29, 1.82) is 0 Å². The number of rotatable bonds is 8. The van der Waals surface area contributed by atoms with Crippen LogP contribution >= 0.6 is 0 Å². The highest BCUT2D eigenvalue weighted by Crippen LogP contribution is 2.17. The van der Waals surface area contributed by atoms with Gasteiger partial charge >= 0.3 is 0 Å². The molecule has 2 N–H and O–H groups in total. The summed E-state index contributed by atoms with van der Waals surface area (Å²) in [5.74, 6) is 0. The molecule has 0 radical (unpaired) electrons. The Bertz CT molecular complexity index is 322. The Morgan fingerprint density at radius 1 is 1.22 bits per heavy atom. The highest BCUT2D eigenvalue weighted by Gasteiger charge is 2.09. The molecule has 0 atom stereocenters. The minimum atomic E-state index is 0.192. The first-order valence-corrected chi connectivity index (χ1v) is 6.86. The normalized spacial score (nSPS) is 10.9. The van der Waals surface area contributed by atoms with Crippen molar-refractivity contribution >= 4 is 5.69 Å². The van der Waals surface area contributed by atoms with Crippen molar-refractivity contribution in [2.75, 3.05) is 24.6 Å². The zero-order valence-electron chi connectivity index (χ0n) is 11.8. The smallest absolute Gasteiger partial charge is 0.0606 e. The summed E-state index contributed by atoms with van der Waals surface area (Å²) in [4.78, 5) is 2.21. The van der Waals surface area contributed by atoms with Crippen molar-refractivity contribution in [2.24, 2.45) is 0 Å². The zero-order chi connectivity index (χ0) is 13.4. The molecule has 0 bridgehead atoms. The Balaban J connectivity index is 2.62. The van der Waals surface area contributed by atoms with E-state index < -0.39 is 0 Å². The Morgan fingerprint density at radius 3 is 2.39 bits per heavy atom. The third kappa shape index (κ3) is 4.67. The van der Waals surface area contributed by atoms with Crippen molar-refractivity contribution in [3.05, 3.63) is 29.8 Å². The van der Waals surface area contributed by atoms with Crippen LogP contribution < -0.4 is 10.2 Å². The van der Waals surface area contributed by atoms with Crippen LogP contribution in [-0.2, 0) is 6.54 Å². The van der Waals surface area contributed by atoms with E-state index in [1.165, 1.54) is 11.3 Å². The van der Waals surface area contributed by atoms with Gasteiger partial charge in [0.05, 0.1) is 6.61 Å². The molecule has 0 amide bonds. The lowest BCUT2D eigenvalue weighted by Gasteiger charge is -2.28. The first-order chi connectivity index (χ1) is 8.69. The van der Waals surface area contributed by atoms with Crippen molar-refractivity contribution in [1.82, 2.24) is 5.32 Å². The molecule has 0 spiro atoms. The first-order valence-electron chi connectivity index (χ1n) is 6.86. The standard InChI is InChI=1S/C15H26N2O/c1-4-9-16-12-14-5-7-15(8-6-14)17(10-11-18)13(2)3/h5-8,13,16,18H,4,9-12H2,1-3H3. The molecular weight excluding hydrogens is 224 g/mol. The van der Waals surface area contributed by atoms with E-state index in [1.54, 1.807) is 0 Å². The second kappa shape index (κ2) is 8.11. The van der Waals surface area contributed by atoms with Gasteiger partial charge in [-0.15, -0.1) is 0 Å². The van der Waals surface area contributed by atoms with Crippen molar-refractivity contribution in [3.63, 3.8) is 0 Å². The summed E-state index contributed by atoms with van der Waals surface area (Å²) >= 11 is 0. The second-order valence-corrected chi connectivity index (χ2v) is 4.85. The third-order valence-electron chi connectivity index (χ3n) is 2.99. The van der Waals surface area contributed by atoms with Crippen LogP contribution in [0.4, 0.5) is 5.69 Å². The van der Waals surface area contributed by atoms with Crippen LogP contribution in [0.3, 0.4) is 0 Å². The fourth-order valence-electron chi connectivity index (χ4n) is 2.01. The average Bonchev–Trinajstić information content (AvgIpc) is 2.37. The van der Waals surface area contributed by atoms with Crippen LogP contribution in [0.25, 0.3) is 0 Å². The van der Waals surface area contributed by atoms with Crippen LogP contribution in [-0.4, -0.2) is 30.8 Å². The molecule has 0 unspecified atom stereocenters. The summed E-state index contributed by atoms with van der Waals surface area (Å²) in [6.45, 7) is 9.33. The van der Waals surface area contributed by atoms with Crippen LogP contribution in [0.1, 0.15) is 32.8 Å². The molecular formula is C15H26N2O. The maximum Gasteiger partial charge on any atom is 0.0606 e. The minimum absolute atomic E-state index is 0.192. The lowest BCUT2D eigenvalue weighted by atomic mass is 10.1. The molecule has 3 nitrogen and oxygen atoms in total. The fraction of sp³-hybridized carbons (Fsp3) is 0.600. The summed E-state index contributed by atoms with van der Waals surface area (Å²) in [6, 6.07) is 8.99. The Hall–Kier alpha value is -1.06. The van der Waals surface area contributed by atoms with Crippen molar-refractivity contribution in [2.45, 2.75) is 39.8 Å². The molecule has 0 fully saturated rings. The molecule has 0 saturated carbocycles. The van der Waals surface area contributed by atoms with Gasteiger partial charge in [0.15, 0.2) is 0 Å².